The normalized spacial score (nSPS) is 15.6. The molecule has 0 aliphatic heterocycles. The summed E-state index contributed by atoms with van der Waals surface area (Å²) in [4.78, 5) is 25.1. The van der Waals surface area contributed by atoms with Crippen molar-refractivity contribution in [1.82, 2.24) is 0 Å². The molecule has 8 heteroatoms. The van der Waals surface area contributed by atoms with E-state index in [9.17, 15) is 9.59 Å². The first kappa shape index (κ1) is 15.2. The maximum absolute atomic E-state index is 10.8. The van der Waals surface area contributed by atoms with Gasteiger partial charge in [0.25, 0.3) is 0 Å². The van der Waals surface area contributed by atoms with Gasteiger partial charge in [0.05, 0.1) is 12.0 Å². The Balaban J connectivity index is 4.56. The molecule has 2 unspecified atom stereocenters. The smallest absolute Gasteiger partial charge is 0.320 e. The lowest BCUT2D eigenvalue weighted by molar-refractivity contribution is -0.141. The molecule has 0 aromatic rings. The molecule has 0 aliphatic rings. The largest absolute Gasteiger partial charge is 0.481 e. The van der Waals surface area contributed by atoms with E-state index in [1.165, 1.54) is 6.92 Å². The molecule has 0 fully saturated rings. The first-order valence-corrected chi connectivity index (χ1v) is 5.05. The van der Waals surface area contributed by atoms with Gasteiger partial charge >= 0.3 is 11.9 Å². The minimum absolute atomic E-state index is 0.106. The Morgan fingerprint density at radius 1 is 1.18 bits per heavy atom. The summed E-state index contributed by atoms with van der Waals surface area (Å²) in [6.45, 7) is 1.45. The van der Waals surface area contributed by atoms with Crippen molar-refractivity contribution in [2.45, 2.75) is 31.8 Å². The summed E-state index contributed by atoms with van der Waals surface area (Å²) in [6, 6.07) is -1.73. The van der Waals surface area contributed by atoms with E-state index in [-0.39, 0.29) is 18.8 Å². The molecule has 0 radical (unpaired) electrons. The molecule has 0 saturated carbocycles. The minimum atomic E-state index is -1.14. The van der Waals surface area contributed by atoms with Crippen LogP contribution in [0.1, 0.15) is 19.8 Å². The number of guanidine groups is 1. The number of nitrogens with two attached hydrogens (primary N) is 3. The van der Waals surface area contributed by atoms with Crippen LogP contribution in [0.3, 0.4) is 0 Å². The van der Waals surface area contributed by atoms with E-state index in [0.717, 1.165) is 0 Å². The molecule has 0 rings (SSSR count). The molecule has 0 aliphatic carbocycles. The zero-order valence-electron chi connectivity index (χ0n) is 9.54. The van der Waals surface area contributed by atoms with E-state index in [2.05, 4.69) is 4.99 Å². The zero-order valence-corrected chi connectivity index (χ0v) is 9.54. The lowest BCUT2D eigenvalue weighted by atomic mass is 9.96. The second-order valence-corrected chi connectivity index (χ2v) is 3.77. The zero-order chi connectivity index (χ0) is 13.6. The molecule has 0 spiro atoms. The first-order valence-electron chi connectivity index (χ1n) is 5.05. The number of carboxylic acid groups (broad SMARTS) is 2. The van der Waals surface area contributed by atoms with Crippen molar-refractivity contribution in [3.63, 3.8) is 0 Å². The fourth-order valence-corrected chi connectivity index (χ4v) is 1.26. The Bertz CT molecular complexity index is 314. The van der Waals surface area contributed by atoms with Crippen molar-refractivity contribution >= 4 is 17.9 Å². The number of nitrogens with zero attached hydrogens (tertiary/aromatic N) is 1. The van der Waals surface area contributed by atoms with Crippen LogP contribution in [0.25, 0.3) is 0 Å². The van der Waals surface area contributed by atoms with Gasteiger partial charge in [0.1, 0.15) is 6.04 Å². The molecule has 8 nitrogen and oxygen atoms in total. The van der Waals surface area contributed by atoms with Crippen molar-refractivity contribution in [2.75, 3.05) is 0 Å². The second kappa shape index (κ2) is 6.69. The predicted molar refractivity (Wildman–Crippen MR) is 61.2 cm³/mol. The highest BCUT2D eigenvalue weighted by molar-refractivity contribution is 5.77. The predicted octanol–water partition coefficient (Wildman–Crippen LogP) is -1.46. The summed E-state index contributed by atoms with van der Waals surface area (Å²) >= 11 is 0. The average molecular weight is 246 g/mol. The molecular formula is C9H18N4O4. The van der Waals surface area contributed by atoms with Gasteiger partial charge in [-0.2, -0.15) is 0 Å². The molecule has 98 valence electrons. The Morgan fingerprint density at radius 3 is 2.06 bits per heavy atom. The summed E-state index contributed by atoms with van der Waals surface area (Å²) in [5.41, 5.74) is 15.7. The summed E-state index contributed by atoms with van der Waals surface area (Å²) in [7, 11) is 0. The van der Waals surface area contributed by atoms with Gasteiger partial charge in [-0.3, -0.25) is 9.59 Å². The number of carboxylic acids is 2. The third kappa shape index (κ3) is 5.71. The molecule has 0 saturated heterocycles. The van der Waals surface area contributed by atoms with Crippen molar-refractivity contribution in [2.24, 2.45) is 28.1 Å². The molecule has 0 aromatic carbocycles. The van der Waals surface area contributed by atoms with Crippen molar-refractivity contribution < 1.29 is 19.8 Å². The van der Waals surface area contributed by atoms with E-state index in [1.54, 1.807) is 0 Å². The monoisotopic (exact) mass is 246 g/mol. The SMILES string of the molecule is CC(C(=O)O)C(CC[C@H](N)C(=O)O)N=C(N)N. The highest BCUT2D eigenvalue weighted by Gasteiger charge is 2.25. The van der Waals surface area contributed by atoms with E-state index >= 15 is 0 Å². The van der Waals surface area contributed by atoms with Crippen LogP contribution in [0.4, 0.5) is 0 Å². The number of hydrogen-bond acceptors (Lipinski definition) is 4. The summed E-state index contributed by atoms with van der Waals surface area (Å²) in [6.07, 6.45) is 0.299. The van der Waals surface area contributed by atoms with Gasteiger partial charge in [0.15, 0.2) is 5.96 Å². The summed E-state index contributed by atoms with van der Waals surface area (Å²) in [5, 5.41) is 17.4. The molecular weight excluding hydrogens is 228 g/mol. The highest BCUT2D eigenvalue weighted by atomic mass is 16.4. The number of carbonyl (C=O) groups is 2. The Hall–Kier alpha value is -1.83. The Kier molecular flexibility index (Phi) is 5.97. The van der Waals surface area contributed by atoms with Crippen LogP contribution in [0, 0.1) is 5.92 Å². The highest BCUT2D eigenvalue weighted by Crippen LogP contribution is 2.14. The lowest BCUT2D eigenvalue weighted by Crippen LogP contribution is -2.34. The minimum Gasteiger partial charge on any atom is -0.481 e. The van der Waals surface area contributed by atoms with E-state index in [4.69, 9.17) is 27.4 Å². The molecule has 0 bridgehead atoms. The van der Waals surface area contributed by atoms with E-state index < -0.39 is 29.9 Å². The van der Waals surface area contributed by atoms with E-state index in [0.29, 0.717) is 0 Å². The van der Waals surface area contributed by atoms with Crippen LogP contribution in [0.15, 0.2) is 4.99 Å². The van der Waals surface area contributed by atoms with Crippen molar-refractivity contribution in [3.05, 3.63) is 0 Å². The summed E-state index contributed by atoms with van der Waals surface area (Å²) < 4.78 is 0. The van der Waals surface area contributed by atoms with Crippen molar-refractivity contribution in [3.8, 4) is 0 Å². The Morgan fingerprint density at radius 2 is 1.71 bits per heavy atom. The molecule has 0 amide bonds. The molecule has 17 heavy (non-hydrogen) atoms. The number of hydrogen-bond donors (Lipinski definition) is 5. The van der Waals surface area contributed by atoms with Gasteiger partial charge in [-0.05, 0) is 19.8 Å². The maximum atomic E-state index is 10.8. The van der Waals surface area contributed by atoms with Crippen LogP contribution >= 0.6 is 0 Å². The third-order valence-electron chi connectivity index (χ3n) is 2.37. The van der Waals surface area contributed by atoms with Crippen molar-refractivity contribution in [1.29, 1.82) is 0 Å². The third-order valence-corrected chi connectivity index (χ3v) is 2.37. The molecule has 0 heterocycles. The average Bonchev–Trinajstić information content (AvgIpc) is 2.21. The number of aliphatic imine (C=N–C) groups is 1. The fraction of sp³-hybridized carbons (Fsp3) is 0.667. The van der Waals surface area contributed by atoms with Gasteiger partial charge in [-0.15, -0.1) is 0 Å². The van der Waals surface area contributed by atoms with Gasteiger partial charge in [0.2, 0.25) is 0 Å². The van der Waals surface area contributed by atoms with Gasteiger partial charge in [-0.1, -0.05) is 0 Å². The fourth-order valence-electron chi connectivity index (χ4n) is 1.26. The molecule has 0 aromatic heterocycles. The van der Waals surface area contributed by atoms with Crippen LogP contribution in [-0.2, 0) is 9.59 Å². The Labute approximate surface area is 98.5 Å². The quantitative estimate of drug-likeness (QED) is 0.270. The van der Waals surface area contributed by atoms with E-state index in [1.807, 2.05) is 0 Å². The lowest BCUT2D eigenvalue weighted by Gasteiger charge is -2.18. The van der Waals surface area contributed by atoms with Crippen LogP contribution in [0.2, 0.25) is 0 Å². The standard InChI is InChI=1S/C9H18N4O4/c1-4(7(14)15)6(13-9(11)12)3-2-5(10)8(16)17/h4-6H,2-3,10H2,1H3,(H,14,15)(H,16,17)(H4,11,12,13)/t4?,5-,6?/m0/s1. The van der Waals surface area contributed by atoms with Crippen LogP contribution in [-0.4, -0.2) is 40.2 Å². The molecule has 3 atom stereocenters. The topological polar surface area (TPSA) is 165 Å². The maximum Gasteiger partial charge on any atom is 0.320 e. The van der Waals surface area contributed by atoms with Gasteiger partial charge in [-0.25, -0.2) is 4.99 Å². The number of rotatable bonds is 7. The summed E-state index contributed by atoms with van der Waals surface area (Å²) in [5.74, 6) is -3.23. The first-order chi connectivity index (χ1) is 7.75. The van der Waals surface area contributed by atoms with Crippen LogP contribution in [0.5, 0.6) is 0 Å². The van der Waals surface area contributed by atoms with Crippen LogP contribution < -0.4 is 17.2 Å². The second-order valence-electron chi connectivity index (χ2n) is 3.77. The number of aliphatic carboxylic acids is 2. The van der Waals surface area contributed by atoms with Gasteiger partial charge in [0, 0.05) is 0 Å². The van der Waals surface area contributed by atoms with Gasteiger partial charge < -0.3 is 27.4 Å². The molecule has 8 N–H and O–H groups in total.